The summed E-state index contributed by atoms with van der Waals surface area (Å²) in [6, 6.07) is 8.32. The van der Waals surface area contributed by atoms with Gasteiger partial charge in [-0.1, -0.05) is 37.3 Å². The smallest absolute Gasteiger partial charge is 0.344 e. The van der Waals surface area contributed by atoms with Crippen LogP contribution in [-0.4, -0.2) is 32.5 Å². The number of piperidine rings is 1. The van der Waals surface area contributed by atoms with Gasteiger partial charge in [-0.05, 0) is 48.1 Å². The number of amides is 2. The van der Waals surface area contributed by atoms with Crippen LogP contribution in [0.3, 0.4) is 0 Å². The molecule has 0 radical (unpaired) electrons. The number of benzene rings is 2. The minimum Gasteiger partial charge on any atom is -0.344 e. The fourth-order valence-electron chi connectivity index (χ4n) is 4.24. The van der Waals surface area contributed by atoms with Crippen molar-refractivity contribution in [2.45, 2.75) is 54.2 Å². The summed E-state index contributed by atoms with van der Waals surface area (Å²) in [6.45, 7) is 1.91. The number of carbonyl (C=O) groups is 2. The van der Waals surface area contributed by atoms with E-state index < -0.39 is 52.3 Å². The van der Waals surface area contributed by atoms with Crippen molar-refractivity contribution in [3.63, 3.8) is 0 Å². The summed E-state index contributed by atoms with van der Waals surface area (Å²) in [7, 11) is -3.81. The van der Waals surface area contributed by atoms with Crippen LogP contribution in [0.2, 0.25) is 0 Å². The third kappa shape index (κ3) is 3.76. The number of halogens is 3. The zero-order chi connectivity index (χ0) is 23.3. The second-order valence-electron chi connectivity index (χ2n) is 7.94. The van der Waals surface area contributed by atoms with Crippen molar-refractivity contribution >= 4 is 21.7 Å². The Labute approximate surface area is 183 Å². The van der Waals surface area contributed by atoms with Crippen molar-refractivity contribution in [2.24, 2.45) is 5.92 Å². The highest BCUT2D eigenvalue weighted by atomic mass is 32.2. The molecule has 1 fully saturated rings. The highest BCUT2D eigenvalue weighted by Crippen LogP contribution is 2.41. The van der Waals surface area contributed by atoms with Crippen molar-refractivity contribution in [3.8, 4) is 0 Å². The van der Waals surface area contributed by atoms with E-state index in [1.165, 1.54) is 12.1 Å². The Morgan fingerprint density at radius 2 is 1.78 bits per heavy atom. The zero-order valence-corrected chi connectivity index (χ0v) is 17.9. The fourth-order valence-corrected chi connectivity index (χ4v) is 5.97. The van der Waals surface area contributed by atoms with E-state index in [2.05, 4.69) is 5.32 Å². The molecular weight excluding hydrogens is 445 g/mol. The van der Waals surface area contributed by atoms with Gasteiger partial charge >= 0.3 is 6.18 Å². The number of alkyl halides is 3. The van der Waals surface area contributed by atoms with Crippen LogP contribution in [0.4, 0.5) is 13.2 Å². The van der Waals surface area contributed by atoms with E-state index in [-0.39, 0.29) is 16.2 Å². The molecule has 170 valence electrons. The van der Waals surface area contributed by atoms with Crippen LogP contribution >= 0.6 is 0 Å². The van der Waals surface area contributed by atoms with E-state index in [1.54, 1.807) is 30.3 Å². The molecule has 1 saturated heterocycles. The molecular formula is C22H21F3N2O4S. The third-order valence-electron chi connectivity index (χ3n) is 5.98. The zero-order valence-electron chi connectivity index (χ0n) is 17.1. The van der Waals surface area contributed by atoms with E-state index in [9.17, 15) is 31.2 Å². The van der Waals surface area contributed by atoms with Gasteiger partial charge in [0.05, 0.1) is 15.8 Å². The van der Waals surface area contributed by atoms with E-state index in [0.29, 0.717) is 17.5 Å². The number of aryl methyl sites for hydroxylation is 1. The molecule has 6 nitrogen and oxygen atoms in total. The van der Waals surface area contributed by atoms with Crippen molar-refractivity contribution in [2.75, 3.05) is 0 Å². The van der Waals surface area contributed by atoms with Gasteiger partial charge in [-0.3, -0.25) is 9.59 Å². The number of carbonyl (C=O) groups excluding carboxylic acids is 2. The summed E-state index contributed by atoms with van der Waals surface area (Å²) < 4.78 is 65.0. The molecule has 32 heavy (non-hydrogen) atoms. The molecule has 2 aliphatic heterocycles. The highest BCUT2D eigenvalue weighted by molar-refractivity contribution is 7.91. The molecule has 2 N–H and O–H groups in total. The molecule has 4 rings (SSSR count). The van der Waals surface area contributed by atoms with Gasteiger partial charge in [0.2, 0.25) is 21.7 Å². The van der Waals surface area contributed by atoms with E-state index in [4.69, 9.17) is 0 Å². The molecule has 2 amide bonds. The number of nitrogens with one attached hydrogen (secondary N) is 2. The molecule has 0 spiro atoms. The minimum atomic E-state index is -4.58. The van der Waals surface area contributed by atoms with Gasteiger partial charge in [0.15, 0.2) is 0 Å². The molecule has 0 saturated carbocycles. The Balaban J connectivity index is 1.69. The van der Waals surface area contributed by atoms with Crippen LogP contribution in [0.15, 0.2) is 52.3 Å². The first-order valence-corrected chi connectivity index (χ1v) is 11.7. The van der Waals surface area contributed by atoms with E-state index >= 15 is 0 Å². The second-order valence-corrected chi connectivity index (χ2v) is 9.83. The first kappa shape index (κ1) is 22.3. The molecule has 3 unspecified atom stereocenters. The van der Waals surface area contributed by atoms with Crippen LogP contribution in [0, 0.1) is 5.92 Å². The molecule has 2 aromatic rings. The number of hydrogen-bond acceptors (Lipinski definition) is 4. The molecule has 2 heterocycles. The SMILES string of the molecule is CCc1ccc2c(c1)C(NC(=O)C1CCC(C(F)(F)F)NC1=O)c1ccccc1S2(=O)=O. The Morgan fingerprint density at radius 1 is 1.09 bits per heavy atom. The maximum atomic E-state index is 13.1. The van der Waals surface area contributed by atoms with Gasteiger partial charge in [0, 0.05) is 0 Å². The predicted molar refractivity (Wildman–Crippen MR) is 108 cm³/mol. The van der Waals surface area contributed by atoms with Crippen LogP contribution in [0.25, 0.3) is 0 Å². The van der Waals surface area contributed by atoms with Crippen molar-refractivity contribution in [1.29, 1.82) is 0 Å². The van der Waals surface area contributed by atoms with E-state index in [0.717, 1.165) is 5.56 Å². The monoisotopic (exact) mass is 466 g/mol. The Bertz CT molecular complexity index is 1190. The summed E-state index contributed by atoms with van der Waals surface area (Å²) in [6.07, 6.45) is -4.60. The van der Waals surface area contributed by atoms with Crippen molar-refractivity contribution in [1.82, 2.24) is 10.6 Å². The van der Waals surface area contributed by atoms with Gasteiger partial charge in [-0.25, -0.2) is 8.42 Å². The Morgan fingerprint density at radius 3 is 2.44 bits per heavy atom. The molecule has 3 atom stereocenters. The lowest BCUT2D eigenvalue weighted by Gasteiger charge is -2.33. The maximum absolute atomic E-state index is 13.1. The number of rotatable bonds is 3. The van der Waals surface area contributed by atoms with Crippen LogP contribution < -0.4 is 10.6 Å². The van der Waals surface area contributed by atoms with Gasteiger partial charge in [0.1, 0.15) is 12.0 Å². The van der Waals surface area contributed by atoms with E-state index in [1.807, 2.05) is 12.2 Å². The largest absolute Gasteiger partial charge is 0.408 e. The number of sulfone groups is 1. The average Bonchev–Trinajstić information content (AvgIpc) is 2.75. The number of fused-ring (bicyclic) bond motifs is 2. The molecule has 0 aliphatic carbocycles. The van der Waals surface area contributed by atoms with Gasteiger partial charge in [-0.2, -0.15) is 13.2 Å². The Hall–Kier alpha value is -2.88. The molecule has 0 aromatic heterocycles. The maximum Gasteiger partial charge on any atom is 0.408 e. The van der Waals surface area contributed by atoms with Crippen molar-refractivity contribution < 1.29 is 31.2 Å². The summed E-state index contributed by atoms with van der Waals surface area (Å²) >= 11 is 0. The van der Waals surface area contributed by atoms with Crippen LogP contribution in [0.1, 0.15) is 42.5 Å². The van der Waals surface area contributed by atoms with Crippen molar-refractivity contribution in [3.05, 3.63) is 59.2 Å². The summed E-state index contributed by atoms with van der Waals surface area (Å²) in [4.78, 5) is 25.3. The molecule has 10 heteroatoms. The van der Waals surface area contributed by atoms with Crippen LogP contribution in [0.5, 0.6) is 0 Å². The topological polar surface area (TPSA) is 92.3 Å². The quantitative estimate of drug-likeness (QED) is 0.681. The van der Waals surface area contributed by atoms with Crippen LogP contribution in [-0.2, 0) is 25.8 Å². The van der Waals surface area contributed by atoms with Gasteiger partial charge in [-0.15, -0.1) is 0 Å². The second kappa shape index (κ2) is 7.91. The normalized spacial score (nSPS) is 24.1. The number of hydrogen-bond donors (Lipinski definition) is 2. The molecule has 0 bridgehead atoms. The standard InChI is InChI=1S/C22H21F3N2O4S/c1-2-12-7-9-17-15(11-12)19(13-5-3-4-6-16(13)32(17,30)31)27-21(29)14-8-10-18(22(23,24)25)26-20(14)28/h3-7,9,11,14,18-19H,2,8,10H2,1H3,(H,26,28)(H,27,29). The lowest BCUT2D eigenvalue weighted by Crippen LogP contribution is -2.54. The average molecular weight is 466 g/mol. The third-order valence-corrected chi connectivity index (χ3v) is 7.88. The van der Waals surface area contributed by atoms with Gasteiger partial charge in [0.25, 0.3) is 0 Å². The van der Waals surface area contributed by atoms with Gasteiger partial charge < -0.3 is 10.6 Å². The fraction of sp³-hybridized carbons (Fsp3) is 0.364. The summed E-state index contributed by atoms with van der Waals surface area (Å²) in [5.41, 5.74) is 1.59. The summed E-state index contributed by atoms with van der Waals surface area (Å²) in [5.74, 6) is -3.03. The Kier molecular flexibility index (Phi) is 5.52. The molecule has 2 aliphatic rings. The lowest BCUT2D eigenvalue weighted by molar-refractivity contribution is -0.171. The first-order valence-electron chi connectivity index (χ1n) is 10.2. The minimum absolute atomic E-state index is 0.0484. The highest BCUT2D eigenvalue weighted by Gasteiger charge is 2.46. The lowest BCUT2D eigenvalue weighted by atomic mass is 9.91. The first-order chi connectivity index (χ1) is 15.0. The summed E-state index contributed by atoms with van der Waals surface area (Å²) in [5, 5.41) is 4.60. The molecule has 2 aromatic carbocycles. The predicted octanol–water partition coefficient (Wildman–Crippen LogP) is 3.06.